The highest BCUT2D eigenvalue weighted by atomic mass is 32.2. The lowest BCUT2D eigenvalue weighted by atomic mass is 10.3. The topological polar surface area (TPSA) is 78.2 Å². The van der Waals surface area contributed by atoms with Crippen LogP contribution in [0.4, 0.5) is 0 Å². The van der Waals surface area contributed by atoms with Crippen LogP contribution in [0.2, 0.25) is 0 Å². The summed E-state index contributed by atoms with van der Waals surface area (Å²) in [7, 11) is -1.59. The van der Waals surface area contributed by atoms with Crippen molar-refractivity contribution in [2.45, 2.75) is 31.9 Å². The first-order valence-corrected chi connectivity index (χ1v) is 6.85. The van der Waals surface area contributed by atoms with Gasteiger partial charge in [0.15, 0.2) is 9.84 Å². The van der Waals surface area contributed by atoms with Crippen LogP contribution >= 0.6 is 0 Å². The van der Waals surface area contributed by atoms with E-state index in [0.717, 1.165) is 0 Å². The maximum Gasteiger partial charge on any atom is 0.223 e. The van der Waals surface area contributed by atoms with Gasteiger partial charge in [0.2, 0.25) is 5.91 Å². The minimum atomic E-state index is -3.16. The van der Waals surface area contributed by atoms with Gasteiger partial charge >= 0.3 is 0 Å². The Kier molecular flexibility index (Phi) is 6.04. The molecule has 0 unspecified atom stereocenters. The molecule has 92 valence electrons. The fourth-order valence-corrected chi connectivity index (χ4v) is 1.93. The van der Waals surface area contributed by atoms with Gasteiger partial charge in [-0.25, -0.2) is 8.42 Å². The summed E-state index contributed by atoms with van der Waals surface area (Å²) in [6, 6.07) is 1.93. The second-order valence-corrected chi connectivity index (χ2v) is 6.57. The molecule has 0 aromatic rings. The van der Waals surface area contributed by atoms with E-state index in [2.05, 4.69) is 0 Å². The van der Waals surface area contributed by atoms with E-state index in [-0.39, 0.29) is 24.5 Å². The molecule has 0 saturated carbocycles. The minimum Gasteiger partial charge on any atom is -0.345 e. The molecular weight excluding hydrogens is 228 g/mol. The Bertz CT molecular complexity index is 368. The van der Waals surface area contributed by atoms with Gasteiger partial charge in [-0.1, -0.05) is 0 Å². The van der Waals surface area contributed by atoms with Crippen LogP contribution in [-0.2, 0) is 14.6 Å². The van der Waals surface area contributed by atoms with Crippen molar-refractivity contribution < 1.29 is 13.2 Å². The molecule has 0 heterocycles. The molecule has 0 fully saturated rings. The predicted molar refractivity (Wildman–Crippen MR) is 61.4 cm³/mol. The fraction of sp³-hybridized carbons (Fsp3) is 0.800. The molecule has 0 aliphatic carbocycles. The van der Waals surface area contributed by atoms with Crippen molar-refractivity contribution in [2.24, 2.45) is 0 Å². The van der Waals surface area contributed by atoms with Crippen molar-refractivity contribution in [3.05, 3.63) is 0 Å². The van der Waals surface area contributed by atoms with Crippen molar-refractivity contribution in [2.75, 3.05) is 19.3 Å². The van der Waals surface area contributed by atoms with E-state index < -0.39 is 15.1 Å². The number of nitrogens with zero attached hydrogens (tertiary/aromatic N) is 2. The molecular formula is C10H18N2O3S. The average molecular weight is 246 g/mol. The summed E-state index contributed by atoms with van der Waals surface area (Å²) in [5, 5.41) is 7.89. The summed E-state index contributed by atoms with van der Waals surface area (Å²) in [4.78, 5) is 12.9. The largest absolute Gasteiger partial charge is 0.345 e. The molecule has 0 aromatic carbocycles. The molecule has 1 amide bonds. The SMILES string of the molecule is CC(C)S(=O)(=O)CCC(=O)N(C)CCC#N. The van der Waals surface area contributed by atoms with E-state index in [4.69, 9.17) is 5.26 Å². The molecule has 0 aromatic heterocycles. The van der Waals surface area contributed by atoms with Crippen molar-refractivity contribution in [1.82, 2.24) is 4.90 Å². The third kappa shape index (κ3) is 5.12. The van der Waals surface area contributed by atoms with Crippen LogP contribution < -0.4 is 0 Å². The molecule has 0 aliphatic rings. The zero-order valence-electron chi connectivity index (χ0n) is 9.93. The molecule has 0 radical (unpaired) electrons. The van der Waals surface area contributed by atoms with Crippen LogP contribution in [0.5, 0.6) is 0 Å². The molecule has 6 heteroatoms. The molecule has 0 spiro atoms. The average Bonchev–Trinajstić information content (AvgIpc) is 2.22. The van der Waals surface area contributed by atoms with Gasteiger partial charge in [-0.3, -0.25) is 4.79 Å². The van der Waals surface area contributed by atoms with Gasteiger partial charge in [-0.15, -0.1) is 0 Å². The molecule has 0 saturated heterocycles. The monoisotopic (exact) mass is 246 g/mol. The van der Waals surface area contributed by atoms with Gasteiger partial charge in [0.25, 0.3) is 0 Å². The van der Waals surface area contributed by atoms with Crippen molar-refractivity contribution in [3.63, 3.8) is 0 Å². The van der Waals surface area contributed by atoms with Crippen molar-refractivity contribution in [1.29, 1.82) is 5.26 Å². The molecule has 16 heavy (non-hydrogen) atoms. The standard InChI is InChI=1S/C10H18N2O3S/c1-9(2)16(14,15)8-5-10(13)12(3)7-4-6-11/h9H,4-5,7-8H2,1-3H3. The third-order valence-corrected chi connectivity index (χ3v) is 4.51. The number of hydrogen-bond donors (Lipinski definition) is 0. The van der Waals surface area contributed by atoms with Crippen LogP contribution in [-0.4, -0.2) is 43.8 Å². The van der Waals surface area contributed by atoms with E-state index >= 15 is 0 Å². The summed E-state index contributed by atoms with van der Waals surface area (Å²) < 4.78 is 22.9. The van der Waals surface area contributed by atoms with Crippen LogP contribution in [0.25, 0.3) is 0 Å². The third-order valence-electron chi connectivity index (χ3n) is 2.30. The maximum atomic E-state index is 11.5. The Morgan fingerprint density at radius 1 is 1.44 bits per heavy atom. The second kappa shape index (κ2) is 6.48. The maximum absolute atomic E-state index is 11.5. The molecule has 0 rings (SSSR count). The van der Waals surface area contributed by atoms with E-state index in [9.17, 15) is 13.2 Å². The van der Waals surface area contributed by atoms with Crippen LogP contribution in [0.1, 0.15) is 26.7 Å². The molecule has 0 N–H and O–H groups in total. The number of amides is 1. The molecule has 0 bridgehead atoms. The minimum absolute atomic E-state index is 0.0115. The normalized spacial score (nSPS) is 11.2. The Morgan fingerprint density at radius 2 is 2.00 bits per heavy atom. The van der Waals surface area contributed by atoms with Gasteiger partial charge < -0.3 is 4.90 Å². The van der Waals surface area contributed by atoms with Gasteiger partial charge in [-0.05, 0) is 13.8 Å². The Labute approximate surface area is 97.0 Å². The van der Waals surface area contributed by atoms with Crippen LogP contribution in [0.15, 0.2) is 0 Å². The highest BCUT2D eigenvalue weighted by molar-refractivity contribution is 7.91. The van der Waals surface area contributed by atoms with E-state index in [1.54, 1.807) is 20.9 Å². The lowest BCUT2D eigenvalue weighted by Gasteiger charge is -2.15. The quantitative estimate of drug-likeness (QED) is 0.686. The Balaban J connectivity index is 4.14. The lowest BCUT2D eigenvalue weighted by Crippen LogP contribution is -2.30. The van der Waals surface area contributed by atoms with Crippen molar-refractivity contribution >= 4 is 15.7 Å². The smallest absolute Gasteiger partial charge is 0.223 e. The first kappa shape index (κ1) is 14.9. The fourth-order valence-electron chi connectivity index (χ4n) is 0.999. The highest BCUT2D eigenvalue weighted by Crippen LogP contribution is 2.04. The first-order chi connectivity index (χ1) is 7.31. The van der Waals surface area contributed by atoms with E-state index in [0.29, 0.717) is 6.54 Å². The number of carbonyl (C=O) groups excluding carboxylic acids is 1. The Hall–Kier alpha value is -1.09. The number of hydrogen-bond acceptors (Lipinski definition) is 4. The van der Waals surface area contributed by atoms with Crippen molar-refractivity contribution in [3.8, 4) is 6.07 Å². The lowest BCUT2D eigenvalue weighted by molar-refractivity contribution is -0.129. The van der Waals surface area contributed by atoms with Gasteiger partial charge in [0.1, 0.15) is 0 Å². The van der Waals surface area contributed by atoms with Crippen LogP contribution in [0.3, 0.4) is 0 Å². The number of carbonyl (C=O) groups is 1. The molecule has 0 atom stereocenters. The summed E-state index contributed by atoms with van der Waals surface area (Å²) in [5.74, 6) is -0.361. The Morgan fingerprint density at radius 3 is 2.44 bits per heavy atom. The summed E-state index contributed by atoms with van der Waals surface area (Å²) >= 11 is 0. The first-order valence-electron chi connectivity index (χ1n) is 5.13. The summed E-state index contributed by atoms with van der Waals surface area (Å²) in [6.07, 6.45) is 0.252. The predicted octanol–water partition coefficient (Wildman–Crippen LogP) is 0.572. The second-order valence-electron chi connectivity index (χ2n) is 3.89. The number of rotatable bonds is 6. The highest BCUT2D eigenvalue weighted by Gasteiger charge is 2.18. The zero-order chi connectivity index (χ0) is 12.8. The number of sulfone groups is 1. The van der Waals surface area contributed by atoms with Gasteiger partial charge in [-0.2, -0.15) is 5.26 Å². The zero-order valence-corrected chi connectivity index (χ0v) is 10.7. The van der Waals surface area contributed by atoms with Crippen LogP contribution in [0, 0.1) is 11.3 Å². The van der Waals surface area contributed by atoms with E-state index in [1.807, 2.05) is 6.07 Å². The van der Waals surface area contributed by atoms with E-state index in [1.165, 1.54) is 4.90 Å². The van der Waals surface area contributed by atoms with Gasteiger partial charge in [0, 0.05) is 20.0 Å². The molecule has 0 aliphatic heterocycles. The molecule has 5 nitrogen and oxygen atoms in total. The number of nitriles is 1. The van der Waals surface area contributed by atoms with Gasteiger partial charge in [0.05, 0.1) is 23.5 Å². The summed E-state index contributed by atoms with van der Waals surface area (Å²) in [6.45, 7) is 3.54. The summed E-state index contributed by atoms with van der Waals surface area (Å²) in [5.41, 5.74) is 0.